The Morgan fingerprint density at radius 1 is 1.21 bits per heavy atom. The average Bonchev–Trinajstić information content (AvgIpc) is 2.58. The first-order valence-corrected chi connectivity index (χ1v) is 7.50. The number of anilines is 3. The number of nitrogens with zero attached hydrogens (tertiary/aromatic N) is 6. The monoisotopic (exact) mass is 330 g/mol. The zero-order chi connectivity index (χ0) is 16.9. The highest BCUT2D eigenvalue weighted by Gasteiger charge is 2.25. The zero-order valence-electron chi connectivity index (χ0n) is 13.2. The highest BCUT2D eigenvalue weighted by molar-refractivity contribution is 5.73. The Balaban J connectivity index is 1.84. The highest BCUT2D eigenvalue weighted by atomic mass is 16.6. The molecule has 1 aliphatic heterocycles. The van der Waals surface area contributed by atoms with Crippen LogP contribution in [-0.4, -0.2) is 63.0 Å². The summed E-state index contributed by atoms with van der Waals surface area (Å²) in [6.07, 6.45) is 4.49. The number of piperazine rings is 1. The van der Waals surface area contributed by atoms with Gasteiger partial charge in [0.05, 0.1) is 16.8 Å². The first kappa shape index (κ1) is 16.0. The lowest BCUT2D eigenvalue weighted by Gasteiger charge is -2.32. The van der Waals surface area contributed by atoms with E-state index in [4.69, 9.17) is 0 Å². The molecule has 0 aromatic carbocycles. The van der Waals surface area contributed by atoms with E-state index in [-0.39, 0.29) is 17.3 Å². The molecule has 2 aromatic rings. The van der Waals surface area contributed by atoms with Gasteiger partial charge in [-0.1, -0.05) is 0 Å². The zero-order valence-corrected chi connectivity index (χ0v) is 13.2. The lowest BCUT2D eigenvalue weighted by Crippen LogP contribution is -2.47. The van der Waals surface area contributed by atoms with Gasteiger partial charge < -0.3 is 10.2 Å². The van der Waals surface area contributed by atoms with Gasteiger partial charge in [0.1, 0.15) is 6.33 Å². The molecule has 1 saturated heterocycles. The highest BCUT2D eigenvalue weighted by Crippen LogP contribution is 2.31. The number of hydrogen-bond donors (Lipinski definition) is 2. The summed E-state index contributed by atoms with van der Waals surface area (Å²) < 4.78 is 0. The van der Waals surface area contributed by atoms with Crippen LogP contribution in [-0.2, 0) is 0 Å². The minimum atomic E-state index is -0.489. The second kappa shape index (κ2) is 7.15. The van der Waals surface area contributed by atoms with Crippen LogP contribution in [0.2, 0.25) is 0 Å². The van der Waals surface area contributed by atoms with Crippen LogP contribution in [0.3, 0.4) is 0 Å². The summed E-state index contributed by atoms with van der Waals surface area (Å²) >= 11 is 0. The van der Waals surface area contributed by atoms with E-state index in [9.17, 15) is 10.1 Å². The van der Waals surface area contributed by atoms with Gasteiger partial charge in [-0.15, -0.1) is 0 Å². The second-order valence-corrected chi connectivity index (χ2v) is 5.45. The predicted molar refractivity (Wildman–Crippen MR) is 88.9 cm³/mol. The van der Waals surface area contributed by atoms with Crippen molar-refractivity contribution in [3.8, 4) is 0 Å². The number of rotatable bonds is 5. The molecule has 24 heavy (non-hydrogen) atoms. The maximum Gasteiger partial charge on any atom is 0.354 e. The fourth-order valence-electron chi connectivity index (χ4n) is 2.37. The Kier molecular flexibility index (Phi) is 4.77. The Morgan fingerprint density at radius 2 is 1.96 bits per heavy atom. The lowest BCUT2D eigenvalue weighted by atomic mass is 10.3. The van der Waals surface area contributed by atoms with Crippen LogP contribution in [0.1, 0.15) is 0 Å². The van der Waals surface area contributed by atoms with Gasteiger partial charge in [0.25, 0.3) is 0 Å². The van der Waals surface area contributed by atoms with E-state index in [2.05, 4.69) is 30.6 Å². The molecule has 0 saturated carbocycles. The SMILES string of the molecule is CN1CCN(Nc2ncnc(Nc3cccnc3)c2[N+](=O)[O-])CC1. The normalized spacial score (nSPS) is 15.9. The summed E-state index contributed by atoms with van der Waals surface area (Å²) in [5.74, 6) is 0.297. The molecule has 2 aromatic heterocycles. The van der Waals surface area contributed by atoms with E-state index < -0.39 is 4.92 Å². The summed E-state index contributed by atoms with van der Waals surface area (Å²) in [6.45, 7) is 3.27. The number of pyridine rings is 1. The first-order chi connectivity index (χ1) is 11.6. The molecule has 1 fully saturated rings. The number of nitro groups is 1. The number of nitrogens with one attached hydrogen (secondary N) is 2. The Bertz CT molecular complexity index is 703. The van der Waals surface area contributed by atoms with E-state index in [0.29, 0.717) is 5.69 Å². The molecule has 0 unspecified atom stereocenters. The quantitative estimate of drug-likeness (QED) is 0.614. The molecule has 0 amide bonds. The Labute approximate surface area is 138 Å². The summed E-state index contributed by atoms with van der Waals surface area (Å²) in [7, 11) is 2.04. The number of aromatic nitrogens is 3. The molecule has 126 valence electrons. The number of hydrogen-bond acceptors (Lipinski definition) is 9. The fourth-order valence-corrected chi connectivity index (χ4v) is 2.37. The van der Waals surface area contributed by atoms with Crippen molar-refractivity contribution in [2.75, 3.05) is 44.0 Å². The molecule has 0 aliphatic carbocycles. The van der Waals surface area contributed by atoms with Gasteiger partial charge in [-0.3, -0.25) is 20.5 Å². The molecule has 3 heterocycles. The van der Waals surface area contributed by atoms with E-state index in [1.54, 1.807) is 24.5 Å². The third-order valence-electron chi connectivity index (χ3n) is 3.70. The van der Waals surface area contributed by atoms with Crippen LogP contribution in [0.5, 0.6) is 0 Å². The molecular weight excluding hydrogens is 312 g/mol. The maximum absolute atomic E-state index is 11.5. The van der Waals surface area contributed by atoms with Crippen molar-refractivity contribution >= 4 is 23.0 Å². The fraction of sp³-hybridized carbons (Fsp3) is 0.357. The maximum atomic E-state index is 11.5. The molecule has 0 bridgehead atoms. The van der Waals surface area contributed by atoms with Gasteiger partial charge in [-0.2, -0.15) is 0 Å². The second-order valence-electron chi connectivity index (χ2n) is 5.45. The average molecular weight is 330 g/mol. The van der Waals surface area contributed by atoms with Crippen molar-refractivity contribution in [1.82, 2.24) is 24.9 Å². The molecule has 10 heteroatoms. The van der Waals surface area contributed by atoms with Crippen LogP contribution in [0, 0.1) is 10.1 Å². The summed E-state index contributed by atoms with van der Waals surface area (Å²) in [5, 5.41) is 16.4. The molecule has 2 N–H and O–H groups in total. The minimum absolute atomic E-state index is 0.125. The van der Waals surface area contributed by atoms with Crippen molar-refractivity contribution < 1.29 is 4.92 Å². The van der Waals surface area contributed by atoms with Gasteiger partial charge in [0.2, 0.25) is 11.6 Å². The van der Waals surface area contributed by atoms with E-state index in [1.807, 2.05) is 12.1 Å². The molecule has 3 rings (SSSR count). The van der Waals surface area contributed by atoms with Crippen molar-refractivity contribution in [2.24, 2.45) is 0 Å². The van der Waals surface area contributed by atoms with Gasteiger partial charge >= 0.3 is 5.69 Å². The topological polar surface area (TPSA) is 112 Å². The summed E-state index contributed by atoms with van der Waals surface area (Å²) in [6, 6.07) is 3.49. The molecule has 0 atom stereocenters. The van der Waals surface area contributed by atoms with Crippen LogP contribution in [0.4, 0.5) is 23.0 Å². The lowest BCUT2D eigenvalue weighted by molar-refractivity contribution is -0.383. The van der Waals surface area contributed by atoms with Crippen LogP contribution < -0.4 is 10.7 Å². The van der Waals surface area contributed by atoms with E-state index in [0.717, 1.165) is 26.2 Å². The summed E-state index contributed by atoms with van der Waals surface area (Å²) in [5.41, 5.74) is 3.46. The van der Waals surface area contributed by atoms with Crippen LogP contribution in [0.15, 0.2) is 30.9 Å². The van der Waals surface area contributed by atoms with Gasteiger partial charge in [-0.05, 0) is 19.2 Å². The molecule has 0 radical (unpaired) electrons. The third kappa shape index (κ3) is 3.73. The smallest absolute Gasteiger partial charge is 0.333 e. The van der Waals surface area contributed by atoms with Gasteiger partial charge in [-0.25, -0.2) is 15.0 Å². The standard InChI is InChI=1S/C14H18N8O2/c1-20-5-7-21(8-6-20)19-14-12(22(23)24)13(16-10-17-14)18-11-3-2-4-15-9-11/h2-4,9-10H,5-8H2,1H3,(H2,16,17,18,19). The van der Waals surface area contributed by atoms with Crippen molar-refractivity contribution in [3.63, 3.8) is 0 Å². The van der Waals surface area contributed by atoms with Crippen molar-refractivity contribution in [2.45, 2.75) is 0 Å². The first-order valence-electron chi connectivity index (χ1n) is 7.50. The minimum Gasteiger partial charge on any atom is -0.333 e. The number of hydrazine groups is 1. The Morgan fingerprint density at radius 3 is 2.62 bits per heavy atom. The van der Waals surface area contributed by atoms with Gasteiger partial charge in [0, 0.05) is 32.4 Å². The molecular formula is C14H18N8O2. The molecule has 0 spiro atoms. The van der Waals surface area contributed by atoms with E-state index >= 15 is 0 Å². The van der Waals surface area contributed by atoms with E-state index in [1.165, 1.54) is 6.33 Å². The Hall–Kier alpha value is -2.85. The van der Waals surface area contributed by atoms with Crippen LogP contribution in [0.25, 0.3) is 0 Å². The largest absolute Gasteiger partial charge is 0.354 e. The molecule has 10 nitrogen and oxygen atoms in total. The van der Waals surface area contributed by atoms with Gasteiger partial charge in [0.15, 0.2) is 0 Å². The van der Waals surface area contributed by atoms with Crippen molar-refractivity contribution in [1.29, 1.82) is 0 Å². The van der Waals surface area contributed by atoms with Crippen LogP contribution >= 0.6 is 0 Å². The van der Waals surface area contributed by atoms with Crippen molar-refractivity contribution in [3.05, 3.63) is 41.0 Å². The number of likely N-dealkylation sites (N-methyl/N-ethyl adjacent to an activating group) is 1. The summed E-state index contributed by atoms with van der Waals surface area (Å²) in [4.78, 5) is 25.3. The predicted octanol–water partition coefficient (Wildman–Crippen LogP) is 1.10. The third-order valence-corrected chi connectivity index (χ3v) is 3.70. The molecule has 1 aliphatic rings.